The van der Waals surface area contributed by atoms with E-state index >= 15 is 0 Å². The Hall–Kier alpha value is -3.65. The van der Waals surface area contributed by atoms with Gasteiger partial charge in [0, 0.05) is 41.4 Å². The molecule has 172 valence electrons. The van der Waals surface area contributed by atoms with Gasteiger partial charge in [0.1, 0.15) is 0 Å². The summed E-state index contributed by atoms with van der Waals surface area (Å²) in [5.74, 6) is 1.68. The first-order valence-corrected chi connectivity index (χ1v) is 12.3. The number of aromatic nitrogens is 2. The van der Waals surface area contributed by atoms with Crippen LogP contribution in [0.1, 0.15) is 32.0 Å². The molecule has 0 radical (unpaired) electrons. The third-order valence-electron chi connectivity index (χ3n) is 5.95. The van der Waals surface area contributed by atoms with Crippen LogP contribution in [0.3, 0.4) is 0 Å². The molecular weight excluding hydrogens is 448 g/mol. The average Bonchev–Trinajstić information content (AvgIpc) is 3.26. The van der Waals surface area contributed by atoms with E-state index in [1.807, 2.05) is 60.0 Å². The maximum Gasteiger partial charge on any atom is 0.259 e. The summed E-state index contributed by atoms with van der Waals surface area (Å²) in [6, 6.07) is 16.8. The molecule has 0 bridgehead atoms. The predicted molar refractivity (Wildman–Crippen MR) is 134 cm³/mol. The maximum atomic E-state index is 13.4. The van der Waals surface area contributed by atoms with Gasteiger partial charge in [0.25, 0.3) is 17.5 Å². The number of anilines is 1. The van der Waals surface area contributed by atoms with Gasteiger partial charge in [-0.05, 0) is 43.7 Å². The zero-order valence-corrected chi connectivity index (χ0v) is 19.8. The number of carbonyl (C=O) groups excluding carboxylic acids is 2. The molecule has 34 heavy (non-hydrogen) atoms. The van der Waals surface area contributed by atoms with Crippen molar-refractivity contribution in [2.75, 3.05) is 29.9 Å². The second-order valence-corrected chi connectivity index (χ2v) is 9.48. The normalized spacial score (nSPS) is 13.8. The van der Waals surface area contributed by atoms with Crippen LogP contribution in [0, 0.1) is 13.8 Å². The number of rotatable bonds is 4. The largest absolute Gasteiger partial charge is 0.337 e. The van der Waals surface area contributed by atoms with Crippen LogP contribution in [-0.2, 0) is 0 Å². The highest BCUT2D eigenvalue weighted by Crippen LogP contribution is 2.28. The monoisotopic (exact) mass is 472 g/mol. The molecular formula is C26H24N4O3S. The molecule has 5 rings (SSSR count). The van der Waals surface area contributed by atoms with E-state index < -0.39 is 0 Å². The fraction of sp³-hybridized carbons (Fsp3) is 0.231. The van der Waals surface area contributed by atoms with E-state index in [0.717, 1.165) is 35.7 Å². The SMILES string of the molecule is Cc1cc(C(=O)N2CCSCC2)ccc1NC(=O)c1cc(-c2ccccc2)nc2onc(C)c12. The number of thioether (sulfide) groups is 1. The van der Waals surface area contributed by atoms with Crippen LogP contribution in [0.15, 0.2) is 59.1 Å². The van der Waals surface area contributed by atoms with Crippen molar-refractivity contribution in [1.82, 2.24) is 15.0 Å². The van der Waals surface area contributed by atoms with Crippen molar-refractivity contribution in [3.05, 3.63) is 77.0 Å². The number of nitrogens with zero attached hydrogens (tertiary/aromatic N) is 3. The zero-order valence-electron chi connectivity index (χ0n) is 19.0. The standard InChI is InChI=1S/C26H24N4O3S/c1-16-14-19(26(32)30-10-12-34-13-11-30)8-9-21(16)27-24(31)20-15-22(18-6-4-3-5-7-18)28-25-23(20)17(2)29-33-25/h3-9,14-15H,10-13H2,1-2H3,(H,27,31). The Morgan fingerprint density at radius 1 is 1.03 bits per heavy atom. The molecule has 2 aromatic carbocycles. The predicted octanol–water partition coefficient (Wildman–Crippen LogP) is 4.95. The molecule has 2 amide bonds. The van der Waals surface area contributed by atoms with E-state index in [2.05, 4.69) is 15.5 Å². The van der Waals surface area contributed by atoms with Crippen molar-refractivity contribution in [2.24, 2.45) is 0 Å². The Bertz CT molecular complexity index is 1380. The molecule has 0 aliphatic carbocycles. The molecule has 8 heteroatoms. The topological polar surface area (TPSA) is 88.3 Å². The summed E-state index contributed by atoms with van der Waals surface area (Å²) in [6.45, 7) is 5.21. The molecule has 0 unspecified atom stereocenters. The van der Waals surface area contributed by atoms with Crippen LogP contribution >= 0.6 is 11.8 Å². The number of aryl methyl sites for hydroxylation is 2. The summed E-state index contributed by atoms with van der Waals surface area (Å²) in [5, 5.41) is 7.60. The third kappa shape index (κ3) is 4.28. The minimum absolute atomic E-state index is 0.0321. The highest BCUT2D eigenvalue weighted by molar-refractivity contribution is 7.99. The maximum absolute atomic E-state index is 13.4. The molecule has 0 saturated carbocycles. The van der Waals surface area contributed by atoms with Crippen LogP contribution in [0.25, 0.3) is 22.4 Å². The second kappa shape index (κ2) is 9.30. The van der Waals surface area contributed by atoms with Crippen LogP contribution < -0.4 is 5.32 Å². The van der Waals surface area contributed by atoms with Crippen LogP contribution in [-0.4, -0.2) is 51.5 Å². The fourth-order valence-electron chi connectivity index (χ4n) is 4.11. The van der Waals surface area contributed by atoms with Crippen molar-refractivity contribution >= 4 is 40.4 Å². The molecule has 1 saturated heterocycles. The van der Waals surface area contributed by atoms with Gasteiger partial charge < -0.3 is 14.7 Å². The number of fused-ring (bicyclic) bond motifs is 1. The van der Waals surface area contributed by atoms with Gasteiger partial charge in [-0.15, -0.1) is 0 Å². The summed E-state index contributed by atoms with van der Waals surface area (Å²) in [6.07, 6.45) is 0. The quantitative estimate of drug-likeness (QED) is 0.452. The first-order valence-electron chi connectivity index (χ1n) is 11.1. The van der Waals surface area contributed by atoms with Crippen molar-refractivity contribution in [3.8, 4) is 11.3 Å². The number of hydrogen-bond acceptors (Lipinski definition) is 6. The molecule has 1 aliphatic rings. The number of benzene rings is 2. The number of pyridine rings is 1. The first-order chi connectivity index (χ1) is 16.5. The molecule has 3 heterocycles. The van der Waals surface area contributed by atoms with Gasteiger partial charge in [-0.1, -0.05) is 35.5 Å². The Labute approximate surface area is 201 Å². The Balaban J connectivity index is 1.44. The van der Waals surface area contributed by atoms with Gasteiger partial charge >= 0.3 is 0 Å². The van der Waals surface area contributed by atoms with Crippen molar-refractivity contribution in [2.45, 2.75) is 13.8 Å². The molecule has 0 spiro atoms. The van der Waals surface area contributed by atoms with Crippen LogP contribution in [0.2, 0.25) is 0 Å². The minimum Gasteiger partial charge on any atom is -0.337 e. The van der Waals surface area contributed by atoms with Gasteiger partial charge in [0.2, 0.25) is 0 Å². The molecule has 1 aliphatic heterocycles. The van der Waals surface area contributed by atoms with E-state index in [-0.39, 0.29) is 11.8 Å². The van der Waals surface area contributed by atoms with E-state index in [0.29, 0.717) is 39.3 Å². The number of amides is 2. The summed E-state index contributed by atoms with van der Waals surface area (Å²) < 4.78 is 5.39. The molecule has 7 nitrogen and oxygen atoms in total. The van der Waals surface area contributed by atoms with Crippen LogP contribution in [0.4, 0.5) is 5.69 Å². The summed E-state index contributed by atoms with van der Waals surface area (Å²) in [5.41, 5.74) is 4.97. The van der Waals surface area contributed by atoms with E-state index in [1.54, 1.807) is 25.1 Å². The van der Waals surface area contributed by atoms with Gasteiger partial charge in [0.15, 0.2) is 0 Å². The van der Waals surface area contributed by atoms with Crippen molar-refractivity contribution in [1.29, 1.82) is 0 Å². The van der Waals surface area contributed by atoms with Gasteiger partial charge in [0.05, 0.1) is 22.3 Å². The highest BCUT2D eigenvalue weighted by Gasteiger charge is 2.22. The molecule has 1 fully saturated rings. The smallest absolute Gasteiger partial charge is 0.259 e. The third-order valence-corrected chi connectivity index (χ3v) is 6.89. The van der Waals surface area contributed by atoms with Gasteiger partial charge in [-0.25, -0.2) is 4.98 Å². The van der Waals surface area contributed by atoms with Gasteiger partial charge in [-0.2, -0.15) is 11.8 Å². The number of carbonyl (C=O) groups is 2. The molecule has 1 N–H and O–H groups in total. The van der Waals surface area contributed by atoms with Gasteiger partial charge in [-0.3, -0.25) is 9.59 Å². The molecule has 0 atom stereocenters. The Morgan fingerprint density at radius 2 is 1.79 bits per heavy atom. The van der Waals surface area contributed by atoms with Crippen molar-refractivity contribution < 1.29 is 14.1 Å². The lowest BCUT2D eigenvalue weighted by Gasteiger charge is -2.26. The molecule has 2 aromatic heterocycles. The van der Waals surface area contributed by atoms with E-state index in [9.17, 15) is 9.59 Å². The number of hydrogen-bond donors (Lipinski definition) is 1. The average molecular weight is 473 g/mol. The fourth-order valence-corrected chi connectivity index (χ4v) is 5.01. The van der Waals surface area contributed by atoms with E-state index in [1.165, 1.54) is 0 Å². The molecule has 4 aromatic rings. The zero-order chi connectivity index (χ0) is 23.7. The lowest BCUT2D eigenvalue weighted by atomic mass is 10.0. The van der Waals surface area contributed by atoms with Crippen molar-refractivity contribution in [3.63, 3.8) is 0 Å². The summed E-state index contributed by atoms with van der Waals surface area (Å²) in [7, 11) is 0. The lowest BCUT2D eigenvalue weighted by molar-refractivity contribution is 0.0772. The summed E-state index contributed by atoms with van der Waals surface area (Å²) >= 11 is 1.87. The number of nitrogens with one attached hydrogen (secondary N) is 1. The Morgan fingerprint density at radius 3 is 2.53 bits per heavy atom. The lowest BCUT2D eigenvalue weighted by Crippen LogP contribution is -2.37. The first kappa shape index (κ1) is 22.2. The minimum atomic E-state index is -0.286. The second-order valence-electron chi connectivity index (χ2n) is 8.26. The van der Waals surface area contributed by atoms with Crippen LogP contribution in [0.5, 0.6) is 0 Å². The van der Waals surface area contributed by atoms with E-state index in [4.69, 9.17) is 4.52 Å². The highest BCUT2D eigenvalue weighted by atomic mass is 32.2. The summed E-state index contributed by atoms with van der Waals surface area (Å²) in [4.78, 5) is 32.7. The Kier molecular flexibility index (Phi) is 6.06.